The molecule has 2 aromatic heterocycles. The largest absolute Gasteiger partial charge is 0.288 e. The van der Waals surface area contributed by atoms with Crippen LogP contribution in [0.4, 0.5) is 0 Å². The molecule has 0 N–H and O–H groups in total. The highest BCUT2D eigenvalue weighted by Gasteiger charge is 2.20. The molecular formula is C20H14N2OS. The molecule has 2 aromatic carbocycles. The summed E-state index contributed by atoms with van der Waals surface area (Å²) in [5.41, 5.74) is 2.94. The summed E-state index contributed by atoms with van der Waals surface area (Å²) in [7, 11) is 0. The third-order valence-corrected chi connectivity index (χ3v) is 4.65. The number of carbonyl (C=O) groups excluding carboxylic acids is 1. The Morgan fingerprint density at radius 2 is 1.58 bits per heavy atom. The zero-order chi connectivity index (χ0) is 16.4. The first-order valence-electron chi connectivity index (χ1n) is 7.61. The summed E-state index contributed by atoms with van der Waals surface area (Å²) in [5.74, 6) is -0.0128. The van der Waals surface area contributed by atoms with Crippen LogP contribution in [0, 0.1) is 0 Å². The third kappa shape index (κ3) is 2.68. The predicted octanol–water partition coefficient (Wildman–Crippen LogP) is 4.83. The fourth-order valence-corrected chi connectivity index (χ4v) is 3.32. The first-order valence-corrected chi connectivity index (χ1v) is 8.49. The number of para-hydroxylation sites is 1. The predicted molar refractivity (Wildman–Crippen MR) is 96.8 cm³/mol. The summed E-state index contributed by atoms with van der Waals surface area (Å²) in [4.78, 5) is 13.9. The third-order valence-electron chi connectivity index (χ3n) is 3.77. The Morgan fingerprint density at radius 3 is 2.25 bits per heavy atom. The van der Waals surface area contributed by atoms with Gasteiger partial charge in [0.15, 0.2) is 5.78 Å². The second-order valence-electron chi connectivity index (χ2n) is 5.34. The van der Waals surface area contributed by atoms with Gasteiger partial charge in [0, 0.05) is 11.8 Å². The lowest BCUT2D eigenvalue weighted by Crippen LogP contribution is -2.01. The second kappa shape index (κ2) is 6.26. The number of aromatic nitrogens is 2. The maximum Gasteiger partial charge on any atom is 0.196 e. The zero-order valence-corrected chi connectivity index (χ0v) is 13.6. The van der Waals surface area contributed by atoms with Crippen molar-refractivity contribution in [2.45, 2.75) is 0 Å². The highest BCUT2D eigenvalue weighted by atomic mass is 32.1. The van der Waals surface area contributed by atoms with Gasteiger partial charge in [-0.25, -0.2) is 4.68 Å². The maximum absolute atomic E-state index is 13.0. The van der Waals surface area contributed by atoms with Crippen molar-refractivity contribution in [1.82, 2.24) is 9.78 Å². The van der Waals surface area contributed by atoms with Gasteiger partial charge < -0.3 is 0 Å². The molecule has 0 bridgehead atoms. The summed E-state index contributed by atoms with van der Waals surface area (Å²) in [6, 6.07) is 23.1. The summed E-state index contributed by atoms with van der Waals surface area (Å²) in [5, 5.41) is 6.67. The van der Waals surface area contributed by atoms with Crippen molar-refractivity contribution in [2.24, 2.45) is 0 Å². The molecule has 0 radical (unpaired) electrons. The topological polar surface area (TPSA) is 34.9 Å². The molecule has 4 heteroatoms. The van der Waals surface area contributed by atoms with Gasteiger partial charge in [-0.15, -0.1) is 11.3 Å². The molecule has 0 aliphatic heterocycles. The number of nitrogens with zero attached hydrogens (tertiary/aromatic N) is 2. The number of hydrogen-bond acceptors (Lipinski definition) is 3. The van der Waals surface area contributed by atoms with Crippen LogP contribution in [0.1, 0.15) is 15.9 Å². The number of hydrogen-bond donors (Lipinski definition) is 0. The quantitative estimate of drug-likeness (QED) is 0.502. The molecule has 0 saturated heterocycles. The summed E-state index contributed by atoms with van der Waals surface area (Å²) in [6.07, 6.45) is 1.82. The Balaban J connectivity index is 1.86. The van der Waals surface area contributed by atoms with Crippen LogP contribution in [0.25, 0.3) is 16.3 Å². The minimum atomic E-state index is -0.0128. The highest BCUT2D eigenvalue weighted by Crippen LogP contribution is 2.29. The standard InChI is InChI=1S/C20H14N2OS/c23-20(15-8-3-1-4-9-15)17-14-22(16-10-5-2-6-11-16)21-19(17)18-12-7-13-24-18/h1-14H. The van der Waals surface area contributed by atoms with Gasteiger partial charge in [-0.1, -0.05) is 54.6 Å². The fourth-order valence-electron chi connectivity index (χ4n) is 2.59. The van der Waals surface area contributed by atoms with Crippen LogP contribution < -0.4 is 0 Å². The van der Waals surface area contributed by atoms with E-state index >= 15 is 0 Å². The molecule has 4 aromatic rings. The van der Waals surface area contributed by atoms with Crippen molar-refractivity contribution in [1.29, 1.82) is 0 Å². The van der Waals surface area contributed by atoms with Gasteiger partial charge >= 0.3 is 0 Å². The van der Waals surface area contributed by atoms with Gasteiger partial charge in [0.2, 0.25) is 0 Å². The van der Waals surface area contributed by atoms with Gasteiger partial charge in [-0.3, -0.25) is 4.79 Å². The van der Waals surface area contributed by atoms with Crippen LogP contribution in [0.2, 0.25) is 0 Å². The SMILES string of the molecule is O=C(c1ccccc1)c1cn(-c2ccccc2)nc1-c1cccs1. The van der Waals surface area contributed by atoms with E-state index in [1.807, 2.05) is 84.4 Å². The summed E-state index contributed by atoms with van der Waals surface area (Å²) < 4.78 is 1.77. The lowest BCUT2D eigenvalue weighted by molar-refractivity contribution is 0.103. The molecule has 0 fully saturated rings. The van der Waals surface area contributed by atoms with Gasteiger partial charge in [0.05, 0.1) is 16.1 Å². The molecule has 0 aliphatic carbocycles. The number of thiophene rings is 1. The molecule has 116 valence electrons. The Labute approximate surface area is 143 Å². The average Bonchev–Trinajstić information content (AvgIpc) is 3.32. The first kappa shape index (κ1) is 14.6. The lowest BCUT2D eigenvalue weighted by atomic mass is 10.0. The van der Waals surface area contributed by atoms with E-state index in [4.69, 9.17) is 0 Å². The van der Waals surface area contributed by atoms with Crippen molar-refractivity contribution >= 4 is 17.1 Å². The fraction of sp³-hybridized carbons (Fsp3) is 0. The molecule has 2 heterocycles. The smallest absolute Gasteiger partial charge is 0.196 e. The zero-order valence-electron chi connectivity index (χ0n) is 12.8. The van der Waals surface area contributed by atoms with E-state index in [1.165, 1.54) is 0 Å². The monoisotopic (exact) mass is 330 g/mol. The number of carbonyl (C=O) groups is 1. The van der Waals surface area contributed by atoms with Gasteiger partial charge in [0.25, 0.3) is 0 Å². The van der Waals surface area contributed by atoms with Crippen LogP contribution >= 0.6 is 11.3 Å². The minimum absolute atomic E-state index is 0.0128. The molecule has 0 amide bonds. The Morgan fingerprint density at radius 1 is 0.875 bits per heavy atom. The molecule has 0 aliphatic rings. The van der Waals surface area contributed by atoms with E-state index in [9.17, 15) is 4.79 Å². The summed E-state index contributed by atoms with van der Waals surface area (Å²) in [6.45, 7) is 0. The van der Waals surface area contributed by atoms with Crippen molar-refractivity contribution in [3.8, 4) is 16.3 Å². The Bertz CT molecular complexity index is 958. The van der Waals surface area contributed by atoms with E-state index in [0.29, 0.717) is 11.1 Å². The van der Waals surface area contributed by atoms with Crippen LogP contribution in [-0.2, 0) is 0 Å². The molecule has 24 heavy (non-hydrogen) atoms. The first-order chi connectivity index (χ1) is 11.8. The number of rotatable bonds is 4. The Hall–Kier alpha value is -2.98. The van der Waals surface area contributed by atoms with Crippen LogP contribution in [0.15, 0.2) is 84.4 Å². The molecule has 0 spiro atoms. The molecular weight excluding hydrogens is 316 g/mol. The Kier molecular flexibility index (Phi) is 3.81. The normalized spacial score (nSPS) is 10.7. The van der Waals surface area contributed by atoms with Gasteiger partial charge in [-0.05, 0) is 23.6 Å². The van der Waals surface area contributed by atoms with Crippen molar-refractivity contribution in [3.63, 3.8) is 0 Å². The maximum atomic E-state index is 13.0. The van der Waals surface area contributed by atoms with Gasteiger partial charge in [-0.2, -0.15) is 5.10 Å². The van der Waals surface area contributed by atoms with Crippen molar-refractivity contribution in [3.05, 3.63) is 95.5 Å². The highest BCUT2D eigenvalue weighted by molar-refractivity contribution is 7.13. The van der Waals surface area contributed by atoms with E-state index < -0.39 is 0 Å². The van der Waals surface area contributed by atoms with Crippen LogP contribution in [0.3, 0.4) is 0 Å². The van der Waals surface area contributed by atoms with E-state index in [1.54, 1.807) is 16.0 Å². The second-order valence-corrected chi connectivity index (χ2v) is 6.29. The summed E-state index contributed by atoms with van der Waals surface area (Å²) >= 11 is 1.58. The van der Waals surface area contributed by atoms with Crippen molar-refractivity contribution < 1.29 is 4.79 Å². The molecule has 0 atom stereocenters. The van der Waals surface area contributed by atoms with E-state index in [0.717, 1.165) is 16.3 Å². The molecule has 0 unspecified atom stereocenters. The van der Waals surface area contributed by atoms with Crippen LogP contribution in [-0.4, -0.2) is 15.6 Å². The molecule has 4 rings (SSSR count). The van der Waals surface area contributed by atoms with Crippen molar-refractivity contribution in [2.75, 3.05) is 0 Å². The lowest BCUT2D eigenvalue weighted by Gasteiger charge is -2.00. The average molecular weight is 330 g/mol. The van der Waals surface area contributed by atoms with Crippen LogP contribution in [0.5, 0.6) is 0 Å². The van der Waals surface area contributed by atoms with Gasteiger partial charge in [0.1, 0.15) is 5.69 Å². The van der Waals surface area contributed by atoms with E-state index in [-0.39, 0.29) is 5.78 Å². The minimum Gasteiger partial charge on any atom is -0.288 e. The molecule has 3 nitrogen and oxygen atoms in total. The van der Waals surface area contributed by atoms with E-state index in [2.05, 4.69) is 5.10 Å². The number of ketones is 1. The number of benzene rings is 2. The molecule has 0 saturated carbocycles.